The van der Waals surface area contributed by atoms with Crippen LogP contribution in [0.25, 0.3) is 10.8 Å². The van der Waals surface area contributed by atoms with E-state index in [4.69, 9.17) is 17.3 Å². The van der Waals surface area contributed by atoms with Crippen LogP contribution in [0.3, 0.4) is 0 Å². The standard InChI is InChI=1S/C21H24ClN7O/c22-18-13-26-20(23)16-4-3-15(9-17(16)18)25-10-14-11-27-21(28-12-14)24-6-5-19(30)29-7-1-2-8-29/h3-4,9,11-13,25H,1-2,5-8,10H2,(H2,23,26)(H,24,27,28). The Labute approximate surface area is 179 Å². The minimum atomic E-state index is 0.189. The summed E-state index contributed by atoms with van der Waals surface area (Å²) in [5.74, 6) is 1.17. The maximum absolute atomic E-state index is 12.0. The SMILES string of the molecule is Nc1ncc(Cl)c2cc(NCc3cnc(NCCC(=O)N4CCCC4)nc3)ccc12. The van der Waals surface area contributed by atoms with Gasteiger partial charge in [0, 0.05) is 73.2 Å². The third-order valence-electron chi connectivity index (χ3n) is 5.15. The molecule has 0 aliphatic carbocycles. The van der Waals surface area contributed by atoms with Gasteiger partial charge < -0.3 is 21.3 Å². The third-order valence-corrected chi connectivity index (χ3v) is 5.45. The van der Waals surface area contributed by atoms with E-state index >= 15 is 0 Å². The molecule has 30 heavy (non-hydrogen) atoms. The van der Waals surface area contributed by atoms with E-state index in [1.807, 2.05) is 23.1 Å². The van der Waals surface area contributed by atoms with E-state index in [9.17, 15) is 4.79 Å². The fourth-order valence-corrected chi connectivity index (χ4v) is 3.69. The van der Waals surface area contributed by atoms with Crippen molar-refractivity contribution < 1.29 is 4.79 Å². The van der Waals surface area contributed by atoms with Gasteiger partial charge in [0.2, 0.25) is 11.9 Å². The Hall–Kier alpha value is -3.13. The molecule has 0 radical (unpaired) electrons. The van der Waals surface area contributed by atoms with E-state index in [1.54, 1.807) is 18.6 Å². The summed E-state index contributed by atoms with van der Waals surface area (Å²) in [5.41, 5.74) is 7.76. The van der Waals surface area contributed by atoms with Gasteiger partial charge in [-0.1, -0.05) is 11.6 Å². The number of carbonyl (C=O) groups is 1. The molecule has 0 unspecified atom stereocenters. The van der Waals surface area contributed by atoms with E-state index in [2.05, 4.69) is 25.6 Å². The molecule has 3 heterocycles. The largest absolute Gasteiger partial charge is 0.383 e. The van der Waals surface area contributed by atoms with Gasteiger partial charge in [-0.05, 0) is 31.0 Å². The number of benzene rings is 1. The second-order valence-electron chi connectivity index (χ2n) is 7.28. The zero-order valence-electron chi connectivity index (χ0n) is 16.6. The number of nitrogens with one attached hydrogen (secondary N) is 2. The molecule has 0 spiro atoms. The zero-order valence-corrected chi connectivity index (χ0v) is 17.3. The minimum Gasteiger partial charge on any atom is -0.383 e. The molecular weight excluding hydrogens is 402 g/mol. The summed E-state index contributed by atoms with van der Waals surface area (Å²) in [4.78, 5) is 26.7. The van der Waals surface area contributed by atoms with Crippen LogP contribution in [0.5, 0.6) is 0 Å². The number of likely N-dealkylation sites (tertiary alicyclic amines) is 1. The van der Waals surface area contributed by atoms with Crippen molar-refractivity contribution in [2.75, 3.05) is 36.0 Å². The molecule has 156 valence electrons. The van der Waals surface area contributed by atoms with Crippen molar-refractivity contribution in [2.45, 2.75) is 25.8 Å². The van der Waals surface area contributed by atoms with Gasteiger partial charge in [-0.15, -0.1) is 0 Å². The summed E-state index contributed by atoms with van der Waals surface area (Å²) in [7, 11) is 0. The van der Waals surface area contributed by atoms with Gasteiger partial charge in [0.1, 0.15) is 5.82 Å². The lowest BCUT2D eigenvalue weighted by Crippen LogP contribution is -2.29. The summed E-state index contributed by atoms with van der Waals surface area (Å²) in [6.45, 7) is 2.86. The van der Waals surface area contributed by atoms with E-state index in [0.29, 0.717) is 36.3 Å². The number of hydrogen-bond donors (Lipinski definition) is 3. The number of anilines is 3. The van der Waals surface area contributed by atoms with Crippen LogP contribution in [-0.2, 0) is 11.3 Å². The summed E-state index contributed by atoms with van der Waals surface area (Å²) in [6, 6.07) is 5.79. The first kappa shape index (κ1) is 20.2. The minimum absolute atomic E-state index is 0.189. The van der Waals surface area contributed by atoms with E-state index in [1.165, 1.54) is 0 Å². The normalized spacial score (nSPS) is 13.6. The van der Waals surface area contributed by atoms with Crippen molar-refractivity contribution in [2.24, 2.45) is 0 Å². The molecule has 3 aromatic rings. The highest BCUT2D eigenvalue weighted by Crippen LogP contribution is 2.29. The first-order valence-electron chi connectivity index (χ1n) is 10.0. The maximum Gasteiger partial charge on any atom is 0.224 e. The van der Waals surface area contributed by atoms with Crippen LogP contribution in [0.1, 0.15) is 24.8 Å². The molecule has 2 aromatic heterocycles. The van der Waals surface area contributed by atoms with Gasteiger partial charge >= 0.3 is 0 Å². The Bertz CT molecular complexity index is 1040. The molecule has 1 saturated heterocycles. The lowest BCUT2D eigenvalue weighted by atomic mass is 10.1. The number of nitrogens with two attached hydrogens (primary N) is 1. The van der Waals surface area contributed by atoms with Gasteiger partial charge in [-0.3, -0.25) is 4.79 Å². The Morgan fingerprint density at radius 1 is 1.07 bits per heavy atom. The molecule has 4 N–H and O–H groups in total. The van der Waals surface area contributed by atoms with Crippen molar-refractivity contribution in [1.82, 2.24) is 19.9 Å². The monoisotopic (exact) mass is 425 g/mol. The number of nitrogen functional groups attached to an aromatic ring is 1. The van der Waals surface area contributed by atoms with Crippen LogP contribution in [-0.4, -0.2) is 45.4 Å². The molecule has 0 atom stereocenters. The highest BCUT2D eigenvalue weighted by Gasteiger charge is 2.17. The van der Waals surface area contributed by atoms with Crippen molar-refractivity contribution >= 4 is 45.7 Å². The molecule has 9 heteroatoms. The average Bonchev–Trinajstić information content (AvgIpc) is 3.31. The molecule has 1 aliphatic rings. The molecule has 8 nitrogen and oxygen atoms in total. The molecule has 1 fully saturated rings. The summed E-state index contributed by atoms with van der Waals surface area (Å²) >= 11 is 6.24. The number of hydrogen-bond acceptors (Lipinski definition) is 7. The van der Waals surface area contributed by atoms with Crippen LogP contribution < -0.4 is 16.4 Å². The number of aromatic nitrogens is 3. The van der Waals surface area contributed by atoms with Gasteiger partial charge in [-0.25, -0.2) is 15.0 Å². The maximum atomic E-state index is 12.0. The van der Waals surface area contributed by atoms with Crippen LogP contribution in [0.15, 0.2) is 36.8 Å². The lowest BCUT2D eigenvalue weighted by molar-refractivity contribution is -0.129. The molecule has 1 aromatic carbocycles. The number of halogens is 1. The van der Waals surface area contributed by atoms with Crippen molar-refractivity contribution in [3.63, 3.8) is 0 Å². The number of rotatable bonds is 7. The van der Waals surface area contributed by atoms with Crippen LogP contribution in [0.2, 0.25) is 5.02 Å². The van der Waals surface area contributed by atoms with Crippen molar-refractivity contribution in [1.29, 1.82) is 0 Å². The van der Waals surface area contributed by atoms with E-state index in [-0.39, 0.29) is 5.91 Å². The number of pyridine rings is 1. The summed E-state index contributed by atoms with van der Waals surface area (Å²) < 4.78 is 0. The Morgan fingerprint density at radius 2 is 1.83 bits per heavy atom. The second kappa shape index (κ2) is 9.13. The Morgan fingerprint density at radius 3 is 2.60 bits per heavy atom. The first-order chi connectivity index (χ1) is 14.6. The highest BCUT2D eigenvalue weighted by atomic mass is 35.5. The lowest BCUT2D eigenvalue weighted by Gasteiger charge is -2.15. The second-order valence-corrected chi connectivity index (χ2v) is 7.69. The molecule has 0 bridgehead atoms. The van der Waals surface area contributed by atoms with Gasteiger partial charge in [0.05, 0.1) is 5.02 Å². The molecular formula is C21H24ClN7O. The van der Waals surface area contributed by atoms with Crippen LogP contribution >= 0.6 is 11.6 Å². The fourth-order valence-electron chi connectivity index (χ4n) is 3.49. The molecule has 1 amide bonds. The smallest absolute Gasteiger partial charge is 0.224 e. The first-order valence-corrected chi connectivity index (χ1v) is 10.4. The molecule has 4 rings (SSSR count). The number of nitrogens with zero attached hydrogens (tertiary/aromatic N) is 4. The molecule has 1 aliphatic heterocycles. The molecule has 0 saturated carbocycles. The predicted molar refractivity (Wildman–Crippen MR) is 119 cm³/mol. The van der Waals surface area contributed by atoms with Crippen LogP contribution in [0, 0.1) is 0 Å². The Balaban J connectivity index is 1.29. The number of fused-ring (bicyclic) bond motifs is 1. The average molecular weight is 426 g/mol. The van der Waals surface area contributed by atoms with E-state index < -0.39 is 0 Å². The van der Waals surface area contributed by atoms with E-state index in [0.717, 1.165) is 48.0 Å². The third kappa shape index (κ3) is 4.71. The highest BCUT2D eigenvalue weighted by molar-refractivity contribution is 6.35. The fraction of sp³-hybridized carbons (Fsp3) is 0.333. The van der Waals surface area contributed by atoms with Gasteiger partial charge in [0.25, 0.3) is 0 Å². The van der Waals surface area contributed by atoms with Crippen molar-refractivity contribution in [3.05, 3.63) is 47.4 Å². The number of carbonyl (C=O) groups excluding carboxylic acids is 1. The van der Waals surface area contributed by atoms with Gasteiger partial charge in [0.15, 0.2) is 0 Å². The summed E-state index contributed by atoms with van der Waals surface area (Å²) in [5, 5.41) is 8.69. The quantitative estimate of drug-likeness (QED) is 0.532. The zero-order chi connectivity index (χ0) is 20.9. The van der Waals surface area contributed by atoms with Crippen LogP contribution in [0.4, 0.5) is 17.5 Å². The van der Waals surface area contributed by atoms with Crippen molar-refractivity contribution in [3.8, 4) is 0 Å². The Kier molecular flexibility index (Phi) is 6.13. The topological polar surface area (TPSA) is 109 Å². The number of amides is 1. The predicted octanol–water partition coefficient (Wildman–Crippen LogP) is 3.30. The summed E-state index contributed by atoms with van der Waals surface area (Å²) in [6.07, 6.45) is 7.75. The van der Waals surface area contributed by atoms with Gasteiger partial charge in [-0.2, -0.15) is 0 Å².